The third kappa shape index (κ3) is 2.08. The van der Waals surface area contributed by atoms with Gasteiger partial charge in [-0.1, -0.05) is 33.6 Å². The average Bonchev–Trinajstić information content (AvgIpc) is 2.17. The van der Waals surface area contributed by atoms with Gasteiger partial charge in [0.25, 0.3) is 0 Å². The van der Waals surface area contributed by atoms with Gasteiger partial charge in [0, 0.05) is 6.61 Å². The molecule has 0 heterocycles. The van der Waals surface area contributed by atoms with Gasteiger partial charge < -0.3 is 5.11 Å². The molecule has 88 valence electrons. The summed E-state index contributed by atoms with van der Waals surface area (Å²) < 4.78 is 0. The molecule has 0 amide bonds. The van der Waals surface area contributed by atoms with E-state index >= 15 is 0 Å². The van der Waals surface area contributed by atoms with Crippen LogP contribution in [-0.4, -0.2) is 11.7 Å². The summed E-state index contributed by atoms with van der Waals surface area (Å²) in [6, 6.07) is 0. The van der Waals surface area contributed by atoms with Crippen molar-refractivity contribution in [2.24, 2.45) is 22.7 Å². The summed E-state index contributed by atoms with van der Waals surface area (Å²) in [6.45, 7) is 7.55. The summed E-state index contributed by atoms with van der Waals surface area (Å²) in [6.07, 6.45) is 8.05. The summed E-state index contributed by atoms with van der Waals surface area (Å²) in [5.74, 6) is 1.81. The molecular weight excluding hydrogens is 184 g/mol. The van der Waals surface area contributed by atoms with Crippen LogP contribution in [0, 0.1) is 22.7 Å². The Morgan fingerprint density at radius 3 is 2.53 bits per heavy atom. The minimum atomic E-state index is 0.231. The Morgan fingerprint density at radius 2 is 1.87 bits per heavy atom. The molecule has 2 saturated carbocycles. The van der Waals surface area contributed by atoms with E-state index in [-0.39, 0.29) is 5.41 Å². The Balaban J connectivity index is 2.10. The highest BCUT2D eigenvalue weighted by molar-refractivity contribution is 4.95. The van der Waals surface area contributed by atoms with Crippen molar-refractivity contribution in [1.29, 1.82) is 0 Å². The first-order valence-electron chi connectivity index (χ1n) is 6.58. The van der Waals surface area contributed by atoms with Gasteiger partial charge in [-0.2, -0.15) is 0 Å². The van der Waals surface area contributed by atoms with Crippen LogP contribution in [-0.2, 0) is 0 Å². The second-order valence-electron chi connectivity index (χ2n) is 6.96. The maximum atomic E-state index is 9.47. The van der Waals surface area contributed by atoms with Crippen LogP contribution in [0.15, 0.2) is 0 Å². The van der Waals surface area contributed by atoms with Crippen LogP contribution < -0.4 is 0 Å². The summed E-state index contributed by atoms with van der Waals surface area (Å²) in [5.41, 5.74) is 0.786. The van der Waals surface area contributed by atoms with Crippen molar-refractivity contribution in [3.63, 3.8) is 0 Å². The van der Waals surface area contributed by atoms with Gasteiger partial charge in [-0.05, 0) is 48.3 Å². The Kier molecular flexibility index (Phi) is 2.87. The van der Waals surface area contributed by atoms with Crippen molar-refractivity contribution >= 4 is 0 Å². The van der Waals surface area contributed by atoms with Crippen molar-refractivity contribution < 1.29 is 5.11 Å². The molecule has 0 aliphatic heterocycles. The molecule has 3 unspecified atom stereocenters. The zero-order chi connectivity index (χ0) is 11.1. The highest BCUT2D eigenvalue weighted by Gasteiger charge is 2.45. The monoisotopic (exact) mass is 210 g/mol. The quantitative estimate of drug-likeness (QED) is 0.701. The number of aliphatic hydroxyl groups is 1. The maximum Gasteiger partial charge on any atom is 0.0484 e. The molecule has 0 radical (unpaired) electrons. The molecule has 2 fully saturated rings. The van der Waals surface area contributed by atoms with Crippen LogP contribution in [0.2, 0.25) is 0 Å². The van der Waals surface area contributed by atoms with Gasteiger partial charge in [0.05, 0.1) is 0 Å². The molecule has 0 spiro atoms. The van der Waals surface area contributed by atoms with Gasteiger partial charge in [0.15, 0.2) is 0 Å². The highest BCUT2D eigenvalue weighted by atomic mass is 16.3. The molecule has 2 aliphatic carbocycles. The maximum absolute atomic E-state index is 9.47. The number of hydrogen-bond donors (Lipinski definition) is 1. The topological polar surface area (TPSA) is 20.2 Å². The molecule has 1 N–H and O–H groups in total. The lowest BCUT2D eigenvalue weighted by atomic mass is 9.54. The molecule has 0 bridgehead atoms. The highest BCUT2D eigenvalue weighted by Crippen LogP contribution is 2.54. The SMILES string of the molecule is CC1(CO)CCC2C(CCCC2(C)C)C1. The van der Waals surface area contributed by atoms with Crippen molar-refractivity contribution in [2.45, 2.75) is 59.3 Å². The first-order chi connectivity index (χ1) is 6.97. The number of fused-ring (bicyclic) bond motifs is 1. The van der Waals surface area contributed by atoms with Gasteiger partial charge in [0.2, 0.25) is 0 Å². The molecule has 0 aromatic heterocycles. The molecule has 3 atom stereocenters. The van der Waals surface area contributed by atoms with Crippen LogP contribution in [0.1, 0.15) is 59.3 Å². The fraction of sp³-hybridized carbons (Fsp3) is 1.00. The molecule has 2 rings (SSSR count). The van der Waals surface area contributed by atoms with E-state index in [9.17, 15) is 5.11 Å². The molecular formula is C14H26O. The summed E-state index contributed by atoms with van der Waals surface area (Å²) in [4.78, 5) is 0. The van der Waals surface area contributed by atoms with Gasteiger partial charge >= 0.3 is 0 Å². The Morgan fingerprint density at radius 1 is 1.13 bits per heavy atom. The second-order valence-corrected chi connectivity index (χ2v) is 6.96. The molecule has 0 saturated heterocycles. The first kappa shape index (κ1) is 11.4. The van der Waals surface area contributed by atoms with Gasteiger partial charge in [-0.25, -0.2) is 0 Å². The largest absolute Gasteiger partial charge is 0.396 e. The van der Waals surface area contributed by atoms with Crippen LogP contribution >= 0.6 is 0 Å². The predicted molar refractivity (Wildman–Crippen MR) is 63.7 cm³/mol. The average molecular weight is 210 g/mol. The molecule has 2 aliphatic rings. The van der Waals surface area contributed by atoms with Crippen LogP contribution in [0.25, 0.3) is 0 Å². The summed E-state index contributed by atoms with van der Waals surface area (Å²) in [7, 11) is 0. The van der Waals surface area contributed by atoms with Gasteiger partial charge in [-0.15, -0.1) is 0 Å². The third-order valence-corrected chi connectivity index (χ3v) is 5.16. The predicted octanol–water partition coefficient (Wildman–Crippen LogP) is 3.61. The lowest BCUT2D eigenvalue weighted by molar-refractivity contribution is -0.0288. The van der Waals surface area contributed by atoms with E-state index in [2.05, 4.69) is 20.8 Å². The molecule has 1 nitrogen and oxygen atoms in total. The summed E-state index contributed by atoms with van der Waals surface area (Å²) >= 11 is 0. The molecule has 15 heavy (non-hydrogen) atoms. The number of hydrogen-bond acceptors (Lipinski definition) is 1. The second kappa shape index (κ2) is 3.76. The van der Waals surface area contributed by atoms with Gasteiger partial charge in [0.1, 0.15) is 0 Å². The zero-order valence-corrected chi connectivity index (χ0v) is 10.6. The van der Waals surface area contributed by atoms with Crippen LogP contribution in [0.4, 0.5) is 0 Å². The van der Waals surface area contributed by atoms with E-state index in [1.54, 1.807) is 0 Å². The van der Waals surface area contributed by atoms with Crippen LogP contribution in [0.3, 0.4) is 0 Å². The first-order valence-corrected chi connectivity index (χ1v) is 6.58. The van der Waals surface area contributed by atoms with E-state index in [0.717, 1.165) is 11.8 Å². The van der Waals surface area contributed by atoms with Crippen molar-refractivity contribution in [1.82, 2.24) is 0 Å². The van der Waals surface area contributed by atoms with Crippen LogP contribution in [0.5, 0.6) is 0 Å². The number of aliphatic hydroxyl groups excluding tert-OH is 1. The van der Waals surface area contributed by atoms with Gasteiger partial charge in [-0.3, -0.25) is 0 Å². The molecule has 0 aromatic carbocycles. The minimum absolute atomic E-state index is 0.231. The lowest BCUT2D eigenvalue weighted by Crippen LogP contribution is -2.42. The summed E-state index contributed by atoms with van der Waals surface area (Å²) in [5, 5.41) is 9.47. The fourth-order valence-electron chi connectivity index (χ4n) is 4.10. The smallest absolute Gasteiger partial charge is 0.0484 e. The van der Waals surface area contributed by atoms with E-state index in [4.69, 9.17) is 0 Å². The van der Waals surface area contributed by atoms with Crippen molar-refractivity contribution in [2.75, 3.05) is 6.61 Å². The van der Waals surface area contributed by atoms with E-state index < -0.39 is 0 Å². The van der Waals surface area contributed by atoms with E-state index in [0.29, 0.717) is 12.0 Å². The van der Waals surface area contributed by atoms with E-state index in [1.807, 2.05) is 0 Å². The zero-order valence-electron chi connectivity index (χ0n) is 10.6. The Hall–Kier alpha value is -0.0400. The van der Waals surface area contributed by atoms with Crippen molar-refractivity contribution in [3.05, 3.63) is 0 Å². The number of rotatable bonds is 1. The standard InChI is InChI=1S/C14H26O/c1-13(2)7-4-5-11-9-14(3,10-15)8-6-12(11)13/h11-12,15H,4-10H2,1-3H3. The molecule has 1 heteroatoms. The normalized spacial score (nSPS) is 44.8. The van der Waals surface area contributed by atoms with E-state index in [1.165, 1.54) is 38.5 Å². The van der Waals surface area contributed by atoms with Crippen molar-refractivity contribution in [3.8, 4) is 0 Å². The molecule has 0 aromatic rings. The lowest BCUT2D eigenvalue weighted by Gasteiger charge is -2.51. The Bertz CT molecular complexity index is 233. The fourth-order valence-corrected chi connectivity index (χ4v) is 4.10. The third-order valence-electron chi connectivity index (χ3n) is 5.16. The Labute approximate surface area is 94.3 Å². The minimum Gasteiger partial charge on any atom is -0.396 e.